The molecule has 1 aromatic carbocycles. The van der Waals surface area contributed by atoms with E-state index in [0.717, 1.165) is 12.8 Å². The van der Waals surface area contributed by atoms with Crippen LogP contribution in [0.5, 0.6) is 0 Å². The number of allylic oxidation sites excluding steroid dienone is 1. The van der Waals surface area contributed by atoms with Gasteiger partial charge in [-0.1, -0.05) is 50.3 Å². The summed E-state index contributed by atoms with van der Waals surface area (Å²) in [5.74, 6) is 0.579. The third-order valence-electron chi connectivity index (χ3n) is 2.42. The number of aliphatic hydroxyl groups excluding tert-OH is 1. The molecule has 0 spiro atoms. The molecule has 0 unspecified atom stereocenters. The van der Waals surface area contributed by atoms with E-state index in [0.29, 0.717) is 5.92 Å². The number of rotatable bonds is 5. The van der Waals surface area contributed by atoms with Gasteiger partial charge in [-0.2, -0.15) is 0 Å². The van der Waals surface area contributed by atoms with Crippen LogP contribution >= 0.6 is 0 Å². The summed E-state index contributed by atoms with van der Waals surface area (Å²) in [7, 11) is 0. The number of benzene rings is 1. The first-order chi connectivity index (χ1) is 7.24. The van der Waals surface area contributed by atoms with Crippen LogP contribution in [-0.2, 0) is 0 Å². The first kappa shape index (κ1) is 12.0. The highest BCUT2D eigenvalue weighted by atomic mass is 16.2. The van der Waals surface area contributed by atoms with Crippen LogP contribution in [0.25, 0.3) is 6.08 Å². The molecule has 0 bridgehead atoms. The van der Waals surface area contributed by atoms with Gasteiger partial charge in [-0.05, 0) is 29.9 Å². The molecule has 0 radical (unpaired) electrons. The van der Waals surface area contributed by atoms with Crippen LogP contribution in [-0.4, -0.2) is 11.7 Å². The molecule has 0 aliphatic heterocycles. The number of hydrogen-bond donors (Lipinski definition) is 1. The van der Waals surface area contributed by atoms with Gasteiger partial charge in [-0.25, -0.2) is 0 Å². The quantitative estimate of drug-likeness (QED) is 0.727. The van der Waals surface area contributed by atoms with E-state index in [9.17, 15) is 0 Å². The molecule has 1 nitrogen and oxygen atoms in total. The van der Waals surface area contributed by atoms with Crippen LogP contribution in [0.3, 0.4) is 0 Å². The maximum Gasteiger partial charge on any atom is 0.0433 e. The smallest absolute Gasteiger partial charge is 0.0433 e. The van der Waals surface area contributed by atoms with Gasteiger partial charge in [-0.3, -0.25) is 0 Å². The minimum atomic E-state index is 0.274. The second kappa shape index (κ2) is 6.41. The summed E-state index contributed by atoms with van der Waals surface area (Å²) in [6.45, 7) is 4.68. The zero-order valence-electron chi connectivity index (χ0n) is 9.61. The highest BCUT2D eigenvalue weighted by Gasteiger charge is 1.97. The molecule has 1 heteroatoms. The molecule has 0 saturated carbocycles. The van der Waals surface area contributed by atoms with E-state index in [1.807, 2.05) is 0 Å². The van der Waals surface area contributed by atoms with E-state index >= 15 is 0 Å². The largest absolute Gasteiger partial charge is 0.396 e. The lowest BCUT2D eigenvalue weighted by Crippen LogP contribution is -1.86. The fraction of sp³-hybridized carbons (Fsp3) is 0.429. The SMILES string of the molecule is CC(C)c1cccc(/C=C/CCCO)c1. The van der Waals surface area contributed by atoms with Crippen LogP contribution in [0.2, 0.25) is 0 Å². The Hall–Kier alpha value is -1.08. The van der Waals surface area contributed by atoms with Crippen molar-refractivity contribution in [2.45, 2.75) is 32.6 Å². The lowest BCUT2D eigenvalue weighted by Gasteiger charge is -2.05. The molecule has 1 rings (SSSR count). The van der Waals surface area contributed by atoms with Crippen molar-refractivity contribution < 1.29 is 5.11 Å². The van der Waals surface area contributed by atoms with Crippen molar-refractivity contribution in [2.75, 3.05) is 6.61 Å². The first-order valence-corrected chi connectivity index (χ1v) is 5.61. The molecule has 0 atom stereocenters. The summed E-state index contributed by atoms with van der Waals surface area (Å²) in [4.78, 5) is 0. The molecular formula is C14H20O. The van der Waals surface area contributed by atoms with Gasteiger partial charge in [0.1, 0.15) is 0 Å². The van der Waals surface area contributed by atoms with Gasteiger partial charge in [0.05, 0.1) is 0 Å². The summed E-state index contributed by atoms with van der Waals surface area (Å²) >= 11 is 0. The molecule has 82 valence electrons. The van der Waals surface area contributed by atoms with Gasteiger partial charge in [0.15, 0.2) is 0 Å². The van der Waals surface area contributed by atoms with E-state index in [1.165, 1.54) is 11.1 Å². The molecule has 0 aliphatic carbocycles. The molecule has 1 N–H and O–H groups in total. The second-order valence-corrected chi connectivity index (χ2v) is 4.09. The Morgan fingerprint density at radius 1 is 1.33 bits per heavy atom. The van der Waals surface area contributed by atoms with Crippen molar-refractivity contribution in [2.24, 2.45) is 0 Å². The molecule has 0 aromatic heterocycles. The summed E-state index contributed by atoms with van der Waals surface area (Å²) in [6, 6.07) is 8.60. The van der Waals surface area contributed by atoms with Crippen molar-refractivity contribution in [1.82, 2.24) is 0 Å². The normalized spacial score (nSPS) is 11.5. The minimum Gasteiger partial charge on any atom is -0.396 e. The molecule has 0 aliphatic rings. The maximum atomic E-state index is 8.65. The Morgan fingerprint density at radius 2 is 2.13 bits per heavy atom. The van der Waals surface area contributed by atoms with Crippen LogP contribution in [0.1, 0.15) is 43.7 Å². The lowest BCUT2D eigenvalue weighted by atomic mass is 10.0. The Bertz CT molecular complexity index is 313. The third-order valence-corrected chi connectivity index (χ3v) is 2.42. The lowest BCUT2D eigenvalue weighted by molar-refractivity contribution is 0.290. The standard InChI is InChI=1S/C14H20O/c1-12(2)14-9-6-8-13(11-14)7-4-3-5-10-15/h4,6-9,11-12,15H,3,5,10H2,1-2H3/b7-4+. The Balaban J connectivity index is 2.61. The monoisotopic (exact) mass is 204 g/mol. The van der Waals surface area contributed by atoms with Gasteiger partial charge in [0.25, 0.3) is 0 Å². The molecule has 15 heavy (non-hydrogen) atoms. The van der Waals surface area contributed by atoms with Crippen LogP contribution < -0.4 is 0 Å². The van der Waals surface area contributed by atoms with Gasteiger partial charge < -0.3 is 5.11 Å². The van der Waals surface area contributed by atoms with Crippen LogP contribution in [0, 0.1) is 0 Å². The highest BCUT2D eigenvalue weighted by Crippen LogP contribution is 2.16. The number of hydrogen-bond acceptors (Lipinski definition) is 1. The number of aliphatic hydroxyl groups is 1. The van der Waals surface area contributed by atoms with Crippen molar-refractivity contribution in [3.8, 4) is 0 Å². The van der Waals surface area contributed by atoms with Gasteiger partial charge in [-0.15, -0.1) is 0 Å². The average molecular weight is 204 g/mol. The van der Waals surface area contributed by atoms with E-state index in [4.69, 9.17) is 5.11 Å². The predicted octanol–water partition coefficient (Wildman–Crippen LogP) is 3.60. The van der Waals surface area contributed by atoms with E-state index in [1.54, 1.807) is 0 Å². The van der Waals surface area contributed by atoms with Crippen molar-refractivity contribution in [1.29, 1.82) is 0 Å². The molecule has 0 saturated heterocycles. The van der Waals surface area contributed by atoms with Crippen molar-refractivity contribution >= 4 is 6.08 Å². The summed E-state index contributed by atoms with van der Waals surface area (Å²) in [5.41, 5.74) is 2.62. The van der Waals surface area contributed by atoms with Gasteiger partial charge >= 0.3 is 0 Å². The predicted molar refractivity (Wildman–Crippen MR) is 65.9 cm³/mol. The third kappa shape index (κ3) is 4.30. The molecular weight excluding hydrogens is 184 g/mol. The Kier molecular flexibility index (Phi) is 5.13. The molecule has 0 fully saturated rings. The zero-order chi connectivity index (χ0) is 11.1. The summed E-state index contributed by atoms with van der Waals surface area (Å²) in [6.07, 6.45) is 6.04. The van der Waals surface area contributed by atoms with Gasteiger partial charge in [0, 0.05) is 6.61 Å². The summed E-state index contributed by atoms with van der Waals surface area (Å²) < 4.78 is 0. The fourth-order valence-electron chi connectivity index (χ4n) is 1.45. The van der Waals surface area contributed by atoms with E-state index in [2.05, 4.69) is 50.3 Å². The topological polar surface area (TPSA) is 20.2 Å². The minimum absolute atomic E-state index is 0.274. The van der Waals surface area contributed by atoms with Crippen molar-refractivity contribution in [3.63, 3.8) is 0 Å². The van der Waals surface area contributed by atoms with Crippen LogP contribution in [0.15, 0.2) is 30.3 Å². The average Bonchev–Trinajstić information content (AvgIpc) is 2.25. The second-order valence-electron chi connectivity index (χ2n) is 4.09. The number of unbranched alkanes of at least 4 members (excludes halogenated alkanes) is 1. The Labute approximate surface area is 92.5 Å². The molecule has 0 amide bonds. The molecule has 1 aromatic rings. The van der Waals surface area contributed by atoms with Gasteiger partial charge in [0.2, 0.25) is 0 Å². The summed E-state index contributed by atoms with van der Waals surface area (Å²) in [5, 5.41) is 8.65. The zero-order valence-corrected chi connectivity index (χ0v) is 9.61. The maximum absolute atomic E-state index is 8.65. The Morgan fingerprint density at radius 3 is 2.80 bits per heavy atom. The first-order valence-electron chi connectivity index (χ1n) is 5.61. The van der Waals surface area contributed by atoms with Crippen LogP contribution in [0.4, 0.5) is 0 Å². The highest BCUT2D eigenvalue weighted by molar-refractivity contribution is 5.50. The van der Waals surface area contributed by atoms with E-state index in [-0.39, 0.29) is 6.61 Å². The van der Waals surface area contributed by atoms with Crippen molar-refractivity contribution in [3.05, 3.63) is 41.5 Å². The van der Waals surface area contributed by atoms with E-state index < -0.39 is 0 Å². The molecule has 0 heterocycles. The fourth-order valence-corrected chi connectivity index (χ4v) is 1.45.